The molecule has 2 rings (SSSR count). The van der Waals surface area contributed by atoms with Crippen LogP contribution in [0.25, 0.3) is 10.9 Å². The number of amides is 1. The van der Waals surface area contributed by atoms with E-state index in [2.05, 4.69) is 4.98 Å². The van der Waals surface area contributed by atoms with E-state index in [-0.39, 0.29) is 5.91 Å². The van der Waals surface area contributed by atoms with E-state index in [1.807, 2.05) is 30.3 Å². The highest BCUT2D eigenvalue weighted by atomic mass is 16.2. The van der Waals surface area contributed by atoms with Crippen LogP contribution in [0, 0.1) is 11.3 Å². The van der Waals surface area contributed by atoms with E-state index < -0.39 is 0 Å². The Kier molecular flexibility index (Phi) is 3.62. The van der Waals surface area contributed by atoms with Gasteiger partial charge in [0.2, 0.25) is 0 Å². The Hall–Kier alpha value is -2.61. The Bertz CT molecular complexity index is 660. The van der Waals surface area contributed by atoms with Gasteiger partial charge in [0.1, 0.15) is 5.82 Å². The number of hydrogen-bond donors (Lipinski definition) is 1. The lowest BCUT2D eigenvalue weighted by Crippen LogP contribution is -2.28. The van der Waals surface area contributed by atoms with Crippen molar-refractivity contribution in [2.45, 2.75) is 6.42 Å². The fraction of sp³-hybridized carbons (Fsp3) is 0.214. The van der Waals surface area contributed by atoms with Gasteiger partial charge in [-0.05, 0) is 12.1 Å². The predicted octanol–water partition coefficient (Wildman–Crippen LogP) is 1.80. The van der Waals surface area contributed by atoms with Crippen LogP contribution in [0.3, 0.4) is 0 Å². The fourth-order valence-electron chi connectivity index (χ4n) is 1.90. The maximum absolute atomic E-state index is 12.3. The highest BCUT2D eigenvalue weighted by Gasteiger charge is 2.15. The van der Waals surface area contributed by atoms with Crippen LogP contribution in [0.5, 0.6) is 0 Å². The summed E-state index contributed by atoms with van der Waals surface area (Å²) in [5.41, 5.74) is 6.94. The number of pyridine rings is 1. The molecule has 0 unspecified atom stereocenters. The average molecular weight is 254 g/mol. The summed E-state index contributed by atoms with van der Waals surface area (Å²) in [7, 11) is 1.67. The maximum Gasteiger partial charge on any atom is 0.254 e. The number of nitriles is 1. The average Bonchev–Trinajstić information content (AvgIpc) is 2.42. The second kappa shape index (κ2) is 5.36. The molecule has 96 valence electrons. The minimum absolute atomic E-state index is 0.152. The molecular weight excluding hydrogens is 240 g/mol. The summed E-state index contributed by atoms with van der Waals surface area (Å²) in [6.45, 7) is 0.395. The minimum atomic E-state index is -0.152. The topological polar surface area (TPSA) is 83.0 Å². The van der Waals surface area contributed by atoms with E-state index in [4.69, 9.17) is 11.0 Å². The first kappa shape index (κ1) is 12.8. The van der Waals surface area contributed by atoms with Crippen molar-refractivity contribution in [3.8, 4) is 6.07 Å². The Morgan fingerprint density at radius 3 is 2.95 bits per heavy atom. The number of benzene rings is 1. The number of anilines is 1. The summed E-state index contributed by atoms with van der Waals surface area (Å²) in [6.07, 6.45) is 0.306. The van der Waals surface area contributed by atoms with Crippen molar-refractivity contribution < 1.29 is 4.79 Å². The molecule has 0 aliphatic carbocycles. The van der Waals surface area contributed by atoms with Gasteiger partial charge in [0.05, 0.1) is 23.6 Å². The van der Waals surface area contributed by atoms with Crippen LogP contribution in [-0.4, -0.2) is 29.4 Å². The van der Waals surface area contributed by atoms with E-state index in [0.717, 1.165) is 5.39 Å². The standard InChI is InChI=1S/C14H14N4O/c1-18(8-4-7-15)14(19)11-9-13(16)17-12-6-3-2-5-10(11)12/h2-3,5-6,9H,4,8H2,1H3,(H2,16,17). The lowest BCUT2D eigenvalue weighted by molar-refractivity contribution is 0.0800. The molecule has 0 atom stereocenters. The molecule has 0 aliphatic heterocycles. The third-order valence-corrected chi connectivity index (χ3v) is 2.87. The third kappa shape index (κ3) is 2.63. The predicted molar refractivity (Wildman–Crippen MR) is 73.3 cm³/mol. The third-order valence-electron chi connectivity index (χ3n) is 2.87. The first-order valence-corrected chi connectivity index (χ1v) is 5.91. The molecule has 0 bridgehead atoms. The van der Waals surface area contributed by atoms with Crippen molar-refractivity contribution in [1.82, 2.24) is 9.88 Å². The highest BCUT2D eigenvalue weighted by molar-refractivity contribution is 6.06. The summed E-state index contributed by atoms with van der Waals surface area (Å²) in [5.74, 6) is 0.163. The first-order valence-electron chi connectivity index (χ1n) is 5.91. The van der Waals surface area contributed by atoms with Gasteiger partial charge in [-0.25, -0.2) is 4.98 Å². The number of nitrogen functional groups attached to an aromatic ring is 1. The smallest absolute Gasteiger partial charge is 0.254 e. The van der Waals surface area contributed by atoms with Crippen molar-refractivity contribution in [1.29, 1.82) is 5.26 Å². The van der Waals surface area contributed by atoms with E-state index in [1.54, 1.807) is 13.1 Å². The summed E-state index contributed by atoms with van der Waals surface area (Å²) in [5, 5.41) is 9.33. The van der Waals surface area contributed by atoms with Crippen molar-refractivity contribution in [3.05, 3.63) is 35.9 Å². The van der Waals surface area contributed by atoms with Crippen molar-refractivity contribution >= 4 is 22.6 Å². The molecule has 2 aromatic rings. The van der Waals surface area contributed by atoms with Gasteiger partial charge in [-0.15, -0.1) is 0 Å². The Morgan fingerprint density at radius 1 is 1.47 bits per heavy atom. The number of fused-ring (bicyclic) bond motifs is 1. The fourth-order valence-corrected chi connectivity index (χ4v) is 1.90. The SMILES string of the molecule is CN(CCC#N)C(=O)c1cc(N)nc2ccccc12. The number of nitrogens with zero attached hydrogens (tertiary/aromatic N) is 3. The molecule has 1 amide bonds. The van der Waals surface area contributed by atoms with Gasteiger partial charge in [0, 0.05) is 19.0 Å². The molecule has 0 saturated heterocycles. The second-order valence-electron chi connectivity index (χ2n) is 4.25. The van der Waals surface area contributed by atoms with Gasteiger partial charge in [0.15, 0.2) is 0 Å². The van der Waals surface area contributed by atoms with Crippen LogP contribution >= 0.6 is 0 Å². The molecule has 5 heteroatoms. The molecule has 1 aromatic heterocycles. The summed E-state index contributed by atoms with van der Waals surface area (Å²) >= 11 is 0. The zero-order chi connectivity index (χ0) is 13.8. The molecular formula is C14H14N4O. The minimum Gasteiger partial charge on any atom is -0.384 e. The number of carbonyl (C=O) groups excluding carboxylic acids is 1. The molecule has 0 aliphatic rings. The van der Waals surface area contributed by atoms with Crippen LogP contribution in [0.15, 0.2) is 30.3 Å². The highest BCUT2D eigenvalue weighted by Crippen LogP contribution is 2.20. The number of rotatable bonds is 3. The number of para-hydroxylation sites is 1. The van der Waals surface area contributed by atoms with Gasteiger partial charge >= 0.3 is 0 Å². The van der Waals surface area contributed by atoms with Crippen LogP contribution < -0.4 is 5.73 Å². The van der Waals surface area contributed by atoms with E-state index >= 15 is 0 Å². The lowest BCUT2D eigenvalue weighted by Gasteiger charge is -2.16. The van der Waals surface area contributed by atoms with Gasteiger partial charge in [-0.2, -0.15) is 5.26 Å². The van der Waals surface area contributed by atoms with Crippen molar-refractivity contribution in [2.24, 2.45) is 0 Å². The molecule has 2 N–H and O–H groups in total. The molecule has 0 fully saturated rings. The van der Waals surface area contributed by atoms with Crippen LogP contribution in [0.4, 0.5) is 5.82 Å². The molecule has 1 aromatic carbocycles. The lowest BCUT2D eigenvalue weighted by atomic mass is 10.1. The Balaban J connectivity index is 2.44. The Labute approximate surface area is 111 Å². The van der Waals surface area contributed by atoms with Crippen LogP contribution in [0.2, 0.25) is 0 Å². The largest absolute Gasteiger partial charge is 0.384 e. The van der Waals surface area contributed by atoms with Gasteiger partial charge in [-0.1, -0.05) is 18.2 Å². The molecule has 5 nitrogen and oxygen atoms in total. The number of nitrogens with two attached hydrogens (primary N) is 1. The number of carbonyl (C=O) groups is 1. The van der Waals surface area contributed by atoms with Gasteiger partial charge in [0.25, 0.3) is 5.91 Å². The van der Waals surface area contributed by atoms with E-state index in [9.17, 15) is 4.79 Å². The monoisotopic (exact) mass is 254 g/mol. The molecule has 0 radical (unpaired) electrons. The van der Waals surface area contributed by atoms with Crippen LogP contribution in [-0.2, 0) is 0 Å². The summed E-state index contributed by atoms with van der Waals surface area (Å²) in [4.78, 5) is 18.1. The van der Waals surface area contributed by atoms with Gasteiger partial charge in [-0.3, -0.25) is 4.79 Å². The van der Waals surface area contributed by atoms with Gasteiger partial charge < -0.3 is 10.6 Å². The van der Waals surface area contributed by atoms with Crippen LogP contribution in [0.1, 0.15) is 16.8 Å². The summed E-state index contributed by atoms with van der Waals surface area (Å²) < 4.78 is 0. The molecule has 0 spiro atoms. The first-order chi connectivity index (χ1) is 9.13. The number of hydrogen-bond acceptors (Lipinski definition) is 4. The zero-order valence-corrected chi connectivity index (χ0v) is 10.6. The van der Waals surface area contributed by atoms with E-state index in [0.29, 0.717) is 29.9 Å². The molecule has 0 saturated carbocycles. The summed E-state index contributed by atoms with van der Waals surface area (Å²) in [6, 6.07) is 11.0. The van der Waals surface area contributed by atoms with Crippen molar-refractivity contribution in [3.63, 3.8) is 0 Å². The number of aromatic nitrogens is 1. The quantitative estimate of drug-likeness (QED) is 0.905. The zero-order valence-electron chi connectivity index (χ0n) is 10.6. The second-order valence-corrected chi connectivity index (χ2v) is 4.25. The molecule has 1 heterocycles. The molecule has 19 heavy (non-hydrogen) atoms. The maximum atomic E-state index is 12.3. The normalized spacial score (nSPS) is 10.1. The van der Waals surface area contributed by atoms with Crippen molar-refractivity contribution in [2.75, 3.05) is 19.3 Å². The van der Waals surface area contributed by atoms with E-state index in [1.165, 1.54) is 4.90 Å². The Morgan fingerprint density at radius 2 is 2.21 bits per heavy atom.